The monoisotopic (exact) mass is 471 g/mol. The first-order valence-corrected chi connectivity index (χ1v) is 11.4. The molecule has 0 aromatic heterocycles. The summed E-state index contributed by atoms with van der Waals surface area (Å²) in [7, 11) is 0. The van der Waals surface area contributed by atoms with Crippen molar-refractivity contribution >= 4 is 23.1 Å². The molecular weight excluding hydrogens is 446 g/mol. The quantitative estimate of drug-likeness (QED) is 0.373. The fourth-order valence-electron chi connectivity index (χ4n) is 4.24. The van der Waals surface area contributed by atoms with Crippen LogP contribution in [0.15, 0.2) is 110 Å². The van der Waals surface area contributed by atoms with Crippen molar-refractivity contribution in [2.75, 3.05) is 6.54 Å². The number of β-amino-alcohol motifs (C(OH)–C–C–N with tert-alkyl or cyclic N) is 1. The molecule has 6 aliphatic heterocycles. The average molecular weight is 472 g/mol. The van der Waals surface area contributed by atoms with Crippen LogP contribution in [0.25, 0.3) is 0 Å². The number of hydrogen-bond acceptors (Lipinski definition) is 8. The summed E-state index contributed by atoms with van der Waals surface area (Å²) in [6.07, 6.45) is 20.6. The minimum atomic E-state index is -0.883. The van der Waals surface area contributed by atoms with E-state index in [9.17, 15) is 9.90 Å². The molecule has 0 aromatic carbocycles. The molecule has 9 nitrogen and oxygen atoms in total. The second kappa shape index (κ2) is 9.65. The molecule has 178 valence electrons. The Morgan fingerprint density at radius 2 is 1.57 bits per heavy atom. The molecule has 0 radical (unpaired) electrons. The Balaban J connectivity index is 0.000000239. The van der Waals surface area contributed by atoms with Crippen LogP contribution in [0, 0.1) is 0 Å². The lowest BCUT2D eigenvalue weighted by Crippen LogP contribution is -2.29. The maximum atomic E-state index is 10.2. The van der Waals surface area contributed by atoms with Crippen LogP contribution in [0.3, 0.4) is 0 Å². The van der Waals surface area contributed by atoms with Gasteiger partial charge in [0, 0.05) is 29.9 Å². The van der Waals surface area contributed by atoms with E-state index in [1.165, 1.54) is 0 Å². The summed E-state index contributed by atoms with van der Waals surface area (Å²) in [6.45, 7) is 0.400. The molecule has 0 amide bonds. The first kappa shape index (κ1) is 22.7. The van der Waals surface area contributed by atoms with Crippen LogP contribution < -0.4 is 10.6 Å². The predicted molar refractivity (Wildman–Crippen MR) is 134 cm³/mol. The first-order chi connectivity index (χ1) is 16.9. The number of hydrogen-bond donors (Lipinski definition) is 5. The number of rotatable bonds is 1. The van der Waals surface area contributed by atoms with E-state index in [1.807, 2.05) is 48.6 Å². The van der Waals surface area contributed by atoms with Crippen LogP contribution in [0.5, 0.6) is 0 Å². The molecule has 0 aliphatic carbocycles. The summed E-state index contributed by atoms with van der Waals surface area (Å²) in [5.74, 6) is -0.883. The fourth-order valence-corrected chi connectivity index (χ4v) is 4.24. The smallest absolute Gasteiger partial charge is 0.320 e. The molecule has 6 heterocycles. The molecule has 6 aliphatic rings. The van der Waals surface area contributed by atoms with Crippen molar-refractivity contribution in [2.45, 2.75) is 31.4 Å². The van der Waals surface area contributed by atoms with Crippen LogP contribution in [0.2, 0.25) is 0 Å². The summed E-state index contributed by atoms with van der Waals surface area (Å²) < 4.78 is 0. The molecular formula is C26H25N5O4. The number of aliphatic imine (C=N–C) groups is 3. The Labute approximate surface area is 202 Å². The summed E-state index contributed by atoms with van der Waals surface area (Å²) in [6, 6.07) is -0.542. The van der Waals surface area contributed by atoms with Crippen molar-refractivity contribution in [1.29, 1.82) is 0 Å². The second-order valence-corrected chi connectivity index (χ2v) is 8.68. The Kier molecular flexibility index (Phi) is 6.26. The zero-order valence-electron chi connectivity index (χ0n) is 18.8. The van der Waals surface area contributed by atoms with Crippen LogP contribution in [0.1, 0.15) is 19.3 Å². The number of carbonyl (C=O) groups is 1. The average Bonchev–Trinajstić information content (AvgIpc) is 3.63. The van der Waals surface area contributed by atoms with Crippen molar-refractivity contribution in [2.24, 2.45) is 15.0 Å². The van der Waals surface area contributed by atoms with Gasteiger partial charge in [-0.25, -0.2) is 15.0 Å². The number of allylic oxidation sites excluding steroid dienone is 12. The van der Waals surface area contributed by atoms with Gasteiger partial charge in [-0.05, 0) is 67.5 Å². The molecule has 8 bridgehead atoms. The topological polar surface area (TPSA) is 139 Å². The maximum Gasteiger partial charge on any atom is 0.320 e. The molecule has 0 spiro atoms. The van der Waals surface area contributed by atoms with Crippen LogP contribution in [-0.4, -0.2) is 57.1 Å². The number of aliphatic hydroxyl groups excluding tert-OH is 2. The van der Waals surface area contributed by atoms with Crippen molar-refractivity contribution in [1.82, 2.24) is 10.6 Å². The molecule has 2 atom stereocenters. The Hall–Kier alpha value is -4.08. The summed E-state index contributed by atoms with van der Waals surface area (Å²) in [4.78, 5) is 24.0. The molecule has 5 N–H and O–H groups in total. The fraction of sp³-hybridized carbons (Fsp3) is 0.231. The number of carboxylic acid groups (broad SMARTS) is 1. The third-order valence-corrected chi connectivity index (χ3v) is 5.97. The van der Waals surface area contributed by atoms with Gasteiger partial charge in [-0.2, -0.15) is 0 Å². The van der Waals surface area contributed by atoms with E-state index in [-0.39, 0.29) is 0 Å². The highest BCUT2D eigenvalue weighted by atomic mass is 16.4. The third kappa shape index (κ3) is 5.37. The molecule has 2 saturated heterocycles. The highest BCUT2D eigenvalue weighted by molar-refractivity contribution is 6.15. The van der Waals surface area contributed by atoms with Gasteiger partial charge < -0.3 is 26.0 Å². The lowest BCUT2D eigenvalue weighted by Gasteiger charge is -2.00. The van der Waals surface area contributed by atoms with Gasteiger partial charge in [0.15, 0.2) is 0 Å². The lowest BCUT2D eigenvalue weighted by molar-refractivity contribution is -0.139. The molecule has 1 unspecified atom stereocenters. The van der Waals surface area contributed by atoms with E-state index in [0.717, 1.165) is 59.0 Å². The number of nitrogens with one attached hydrogen (secondary N) is 2. The zero-order valence-corrected chi connectivity index (χ0v) is 18.8. The largest absolute Gasteiger partial charge is 0.515 e. The van der Waals surface area contributed by atoms with Crippen LogP contribution in [-0.2, 0) is 4.79 Å². The Bertz CT molecular complexity index is 1300. The maximum absolute atomic E-state index is 10.2. The molecule has 0 saturated carbocycles. The number of aliphatic hydroxyl groups is 2. The van der Waals surface area contributed by atoms with Crippen LogP contribution in [0.4, 0.5) is 0 Å². The summed E-state index contributed by atoms with van der Waals surface area (Å²) >= 11 is 0. The van der Waals surface area contributed by atoms with Gasteiger partial charge in [0.05, 0.1) is 46.6 Å². The number of nitrogens with zero attached hydrogens (tertiary/aromatic N) is 3. The first-order valence-electron chi connectivity index (χ1n) is 11.4. The summed E-state index contributed by atoms with van der Waals surface area (Å²) in [5.41, 5.74) is 7.96. The van der Waals surface area contributed by atoms with Gasteiger partial charge in [0.25, 0.3) is 0 Å². The van der Waals surface area contributed by atoms with Gasteiger partial charge in [-0.15, -0.1) is 0 Å². The normalized spacial score (nSPS) is 27.1. The summed E-state index contributed by atoms with van der Waals surface area (Å²) in [5, 5.41) is 32.8. The molecule has 2 fully saturated rings. The molecule has 9 heteroatoms. The SMILES string of the molecule is O=C(O)[C@@H]1CC(O)CN1.OC=C1C=C2C=C3CCC(=CC4=NC(=CC5=NC(=CC1=N2)C=C5)C=C4)N3. The van der Waals surface area contributed by atoms with E-state index >= 15 is 0 Å². The standard InChI is InChI=1S/C21H16N4O.C5H9NO3/c26-12-13-7-20-10-18-4-3-16(23-18)8-14-1-2-15(22-14)9-17-5-6-19(24-17)11-21(13)25-20;7-3-1-4(5(8)9)6-2-3/h1-2,5-12,23,26H,3-4H2;3-4,6-7H,1-2H2,(H,8,9)/t;3?,4-/m.0/s1. The van der Waals surface area contributed by atoms with E-state index in [2.05, 4.69) is 31.7 Å². The number of carboxylic acids is 1. The van der Waals surface area contributed by atoms with E-state index in [0.29, 0.717) is 24.3 Å². The molecule has 35 heavy (non-hydrogen) atoms. The van der Waals surface area contributed by atoms with Gasteiger partial charge in [0.1, 0.15) is 6.04 Å². The van der Waals surface area contributed by atoms with Crippen LogP contribution >= 0.6 is 0 Å². The van der Waals surface area contributed by atoms with E-state index in [4.69, 9.17) is 10.2 Å². The second-order valence-electron chi connectivity index (χ2n) is 8.68. The lowest BCUT2D eigenvalue weighted by atomic mass is 10.1. The van der Waals surface area contributed by atoms with Crippen molar-refractivity contribution in [3.05, 3.63) is 95.0 Å². The van der Waals surface area contributed by atoms with Crippen molar-refractivity contribution in [3.8, 4) is 0 Å². The number of fused-ring (bicyclic) bond motifs is 5. The highest BCUT2D eigenvalue weighted by Crippen LogP contribution is 2.26. The predicted octanol–water partition coefficient (Wildman–Crippen LogP) is 2.51. The molecule has 6 rings (SSSR count). The van der Waals surface area contributed by atoms with Gasteiger partial charge in [-0.1, -0.05) is 0 Å². The van der Waals surface area contributed by atoms with E-state index in [1.54, 1.807) is 0 Å². The minimum Gasteiger partial charge on any atom is -0.515 e. The van der Waals surface area contributed by atoms with Crippen molar-refractivity contribution < 1.29 is 20.1 Å². The van der Waals surface area contributed by atoms with Crippen molar-refractivity contribution in [3.63, 3.8) is 0 Å². The highest BCUT2D eigenvalue weighted by Gasteiger charge is 2.27. The molecule has 0 aromatic rings. The van der Waals surface area contributed by atoms with Gasteiger partial charge in [0.2, 0.25) is 0 Å². The Morgan fingerprint density at radius 3 is 2.20 bits per heavy atom. The minimum absolute atomic E-state index is 0.329. The number of aliphatic carboxylic acids is 1. The zero-order chi connectivity index (χ0) is 24.4. The van der Waals surface area contributed by atoms with E-state index < -0.39 is 18.1 Å². The Morgan fingerprint density at radius 1 is 0.886 bits per heavy atom. The third-order valence-electron chi connectivity index (χ3n) is 5.97. The van der Waals surface area contributed by atoms with Gasteiger partial charge >= 0.3 is 5.97 Å². The van der Waals surface area contributed by atoms with Gasteiger partial charge in [-0.3, -0.25) is 4.79 Å².